The third kappa shape index (κ3) is 6.01. The van der Waals surface area contributed by atoms with Crippen molar-refractivity contribution in [3.05, 3.63) is 145 Å². The van der Waals surface area contributed by atoms with E-state index < -0.39 is 0 Å². The Hall–Kier alpha value is -4.21. The predicted octanol–water partition coefficient (Wildman–Crippen LogP) is 11.2. The number of pyridine rings is 1. The third-order valence-electron chi connectivity index (χ3n) is 8.65. The van der Waals surface area contributed by atoms with Gasteiger partial charge >= 0.3 is 22.4 Å². The van der Waals surface area contributed by atoms with Crippen LogP contribution in [0.15, 0.2) is 115 Å². The molecule has 0 unspecified atom stereocenters. The average Bonchev–Trinajstić information content (AvgIpc) is 3.38. The van der Waals surface area contributed by atoms with Gasteiger partial charge in [0.2, 0.25) is 0 Å². The largest absolute Gasteiger partial charge is 3.00 e. The van der Waals surface area contributed by atoms with Crippen molar-refractivity contribution in [2.75, 3.05) is 0 Å². The minimum atomic E-state index is 0. The second kappa shape index (κ2) is 12.2. The van der Waals surface area contributed by atoms with E-state index in [1.54, 1.807) is 0 Å². The Morgan fingerprint density at radius 3 is 2.00 bits per heavy atom. The Balaban J connectivity index is 0.00000372. The summed E-state index contributed by atoms with van der Waals surface area (Å²) in [7, 11) is 0. The van der Waals surface area contributed by atoms with E-state index >= 15 is 0 Å². The minimum Gasteiger partial charge on any atom is -0.320 e. The summed E-state index contributed by atoms with van der Waals surface area (Å²) in [5.41, 5.74) is 11.0. The molecule has 0 aliphatic heterocycles. The van der Waals surface area contributed by atoms with Gasteiger partial charge in [-0.3, -0.25) is 4.98 Å². The van der Waals surface area contributed by atoms with Gasteiger partial charge in [-0.15, -0.1) is 28.6 Å². The second-order valence-corrected chi connectivity index (χ2v) is 13.9. The van der Waals surface area contributed by atoms with Crippen molar-refractivity contribution in [3.63, 3.8) is 0 Å². The molecule has 2 aromatic heterocycles. The van der Waals surface area contributed by atoms with Gasteiger partial charge in [0.1, 0.15) is 5.82 Å². The van der Waals surface area contributed by atoms with E-state index in [9.17, 15) is 0 Å². The van der Waals surface area contributed by atoms with Gasteiger partial charge in [0.15, 0.2) is 0 Å². The molecule has 0 radical (unpaired) electrons. The fourth-order valence-corrected chi connectivity index (χ4v) is 6.02. The zero-order valence-corrected chi connectivity index (χ0v) is 29.3. The quantitative estimate of drug-likeness (QED) is 0.129. The Kier molecular flexibility index (Phi) is 8.42. The van der Waals surface area contributed by atoms with Crippen molar-refractivity contribution in [2.45, 2.75) is 52.4 Å². The molecule has 7 aromatic rings. The van der Waals surface area contributed by atoms with Crippen LogP contribution < -0.4 is 0 Å². The number of hydrogen-bond donors (Lipinski definition) is 0. The van der Waals surface area contributed by atoms with Crippen LogP contribution in [0.1, 0.15) is 52.7 Å². The second-order valence-electron chi connectivity index (χ2n) is 13.9. The van der Waals surface area contributed by atoms with E-state index in [4.69, 9.17) is 4.98 Å². The molecule has 230 valence electrons. The van der Waals surface area contributed by atoms with Crippen LogP contribution in [0.2, 0.25) is 0 Å². The molecule has 2 nitrogen and oxygen atoms in total. The van der Waals surface area contributed by atoms with Crippen LogP contribution in [0.5, 0.6) is 0 Å². The molecule has 7 rings (SSSR count). The van der Waals surface area contributed by atoms with Gasteiger partial charge in [0, 0.05) is 11.2 Å². The van der Waals surface area contributed by atoms with E-state index in [1.165, 1.54) is 27.5 Å². The average molecular weight is 779 g/mol. The summed E-state index contributed by atoms with van der Waals surface area (Å²) >= 11 is 0. The predicted molar refractivity (Wildman–Crippen MR) is 189 cm³/mol. The molecular weight excluding hydrogens is 741 g/mol. The summed E-state index contributed by atoms with van der Waals surface area (Å²) in [4.78, 5) is 5.25. The smallest absolute Gasteiger partial charge is 0.320 e. The zero-order chi connectivity index (χ0) is 31.3. The van der Waals surface area contributed by atoms with Crippen LogP contribution in [0.4, 0.5) is 0 Å². The van der Waals surface area contributed by atoms with Gasteiger partial charge in [-0.2, -0.15) is 60.2 Å². The Labute approximate surface area is 288 Å². The zero-order valence-electron chi connectivity index (χ0n) is 27.2. The maximum atomic E-state index is 5.25. The summed E-state index contributed by atoms with van der Waals surface area (Å²) in [6, 6.07) is 51.5. The van der Waals surface area contributed by atoms with Gasteiger partial charge in [0.05, 0.1) is 0 Å². The first-order valence-electron chi connectivity index (χ1n) is 15.6. The van der Waals surface area contributed by atoms with Crippen LogP contribution in [-0.4, -0.2) is 9.55 Å². The van der Waals surface area contributed by atoms with Gasteiger partial charge < -0.3 is 4.57 Å². The van der Waals surface area contributed by atoms with E-state index in [0.717, 1.165) is 44.8 Å². The summed E-state index contributed by atoms with van der Waals surface area (Å²) < 4.78 is 2.21. The summed E-state index contributed by atoms with van der Waals surface area (Å²) in [6.45, 7) is 13.4. The summed E-state index contributed by atoms with van der Waals surface area (Å²) in [6.07, 6.45) is 0. The SMILES string of the molecule is CC(C)(C)c1c[c-]c(-c2[c-]c(-c3cccc(-n4c5[c-]cccc5c5ccccc54)n3)cc(-c3ccc(C(C)(C)C)cc3)c2)cc1.[Au+3]. The first kappa shape index (κ1) is 31.8. The molecule has 2 heterocycles. The number of para-hydroxylation sites is 2. The van der Waals surface area contributed by atoms with E-state index in [0.29, 0.717) is 0 Å². The number of nitrogens with zero attached hydrogens (tertiary/aromatic N) is 2. The van der Waals surface area contributed by atoms with Gasteiger partial charge in [0.25, 0.3) is 0 Å². The molecule has 0 spiro atoms. The molecule has 0 saturated heterocycles. The number of rotatable bonds is 4. The maximum Gasteiger partial charge on any atom is 3.00 e. The maximum absolute atomic E-state index is 5.25. The molecule has 5 aromatic carbocycles. The molecule has 46 heavy (non-hydrogen) atoms. The molecule has 0 fully saturated rings. The third-order valence-corrected chi connectivity index (χ3v) is 8.65. The van der Waals surface area contributed by atoms with Crippen molar-refractivity contribution in [2.24, 2.45) is 0 Å². The van der Waals surface area contributed by atoms with E-state index in [-0.39, 0.29) is 33.2 Å². The normalized spacial score (nSPS) is 12.0. The van der Waals surface area contributed by atoms with Crippen LogP contribution in [0.3, 0.4) is 0 Å². The van der Waals surface area contributed by atoms with Crippen LogP contribution in [-0.2, 0) is 33.2 Å². The number of fused-ring (bicyclic) bond motifs is 3. The number of hydrogen-bond acceptors (Lipinski definition) is 1. The van der Waals surface area contributed by atoms with Crippen LogP contribution in [0.25, 0.3) is 61.1 Å². The number of benzene rings is 5. The molecule has 0 bridgehead atoms. The van der Waals surface area contributed by atoms with Crippen LogP contribution in [0, 0.1) is 18.2 Å². The standard InChI is InChI=1S/C43H37N2.Au/c1-42(2,3)34-22-18-29(19-23-34)31-26-32(30-20-24-35(25-21-30)43(4,5)6)28-33(27-31)38-14-11-17-41(44-38)45-39-15-9-7-12-36(39)37-13-8-10-16-40(37)45;/h7-15,17-20,22-27H,1-6H3;/q-3;+3. The number of aromatic nitrogens is 2. The van der Waals surface area contributed by atoms with Crippen molar-refractivity contribution in [3.8, 4) is 39.3 Å². The molecule has 0 aliphatic carbocycles. The van der Waals surface area contributed by atoms with Crippen molar-refractivity contribution in [1.82, 2.24) is 9.55 Å². The van der Waals surface area contributed by atoms with Gasteiger partial charge in [-0.1, -0.05) is 107 Å². The Bertz CT molecular complexity index is 2030. The first-order chi connectivity index (χ1) is 21.6. The van der Waals surface area contributed by atoms with E-state index in [2.05, 4.69) is 167 Å². The molecule has 0 saturated carbocycles. The molecule has 0 aliphatic rings. The molecule has 0 atom stereocenters. The van der Waals surface area contributed by atoms with E-state index in [1.807, 2.05) is 12.1 Å². The Morgan fingerprint density at radius 2 is 1.28 bits per heavy atom. The topological polar surface area (TPSA) is 17.8 Å². The van der Waals surface area contributed by atoms with Crippen molar-refractivity contribution in [1.29, 1.82) is 0 Å². The van der Waals surface area contributed by atoms with Gasteiger partial charge in [-0.05, 0) is 39.5 Å². The van der Waals surface area contributed by atoms with Crippen molar-refractivity contribution >= 4 is 21.8 Å². The van der Waals surface area contributed by atoms with Crippen molar-refractivity contribution < 1.29 is 22.4 Å². The first-order valence-corrected chi connectivity index (χ1v) is 15.6. The minimum absolute atomic E-state index is 0. The Morgan fingerprint density at radius 1 is 0.587 bits per heavy atom. The van der Waals surface area contributed by atoms with Gasteiger partial charge in [-0.25, -0.2) is 5.56 Å². The molecule has 0 N–H and O–H groups in total. The summed E-state index contributed by atoms with van der Waals surface area (Å²) in [5.74, 6) is 0.858. The molecule has 3 heteroatoms. The fraction of sp³-hybridized carbons (Fsp3) is 0.186. The fourth-order valence-electron chi connectivity index (χ4n) is 6.02. The molecule has 0 amide bonds. The monoisotopic (exact) mass is 778 g/mol. The molecular formula is C43H37AuN2. The van der Waals surface area contributed by atoms with Crippen LogP contribution >= 0.6 is 0 Å². The summed E-state index contributed by atoms with van der Waals surface area (Å²) in [5, 5.41) is 2.37.